The molecule has 112 valence electrons. The van der Waals surface area contributed by atoms with Crippen LogP contribution in [0.2, 0.25) is 0 Å². The molecule has 1 saturated heterocycles. The standard InChI is InChI=1S/C16H23N5/c1-2-20-8-6-15(7-9-20)19-16-5-3-4-14(10-16)11-21-13-17-12-18-21/h3-5,10,12-13,15,19H,2,6-9,11H2,1H3. The third kappa shape index (κ3) is 3.82. The van der Waals surface area contributed by atoms with Crippen molar-refractivity contribution in [3.63, 3.8) is 0 Å². The maximum Gasteiger partial charge on any atom is 0.137 e. The number of likely N-dealkylation sites (tertiary alicyclic amines) is 1. The molecular formula is C16H23N5. The van der Waals surface area contributed by atoms with Gasteiger partial charge in [0.1, 0.15) is 12.7 Å². The molecule has 1 aromatic carbocycles. The van der Waals surface area contributed by atoms with Gasteiger partial charge in [0.05, 0.1) is 6.54 Å². The lowest BCUT2D eigenvalue weighted by Gasteiger charge is -2.32. The average molecular weight is 285 g/mol. The van der Waals surface area contributed by atoms with Crippen LogP contribution in [0.15, 0.2) is 36.9 Å². The molecule has 1 N–H and O–H groups in total. The first kappa shape index (κ1) is 14.1. The van der Waals surface area contributed by atoms with Crippen LogP contribution >= 0.6 is 0 Å². The molecule has 5 heteroatoms. The zero-order valence-corrected chi connectivity index (χ0v) is 12.6. The molecule has 0 amide bonds. The van der Waals surface area contributed by atoms with Crippen molar-refractivity contribution in [2.75, 3.05) is 25.0 Å². The highest BCUT2D eigenvalue weighted by Gasteiger charge is 2.17. The summed E-state index contributed by atoms with van der Waals surface area (Å²) in [5.74, 6) is 0. The Labute approximate surface area is 126 Å². The first-order valence-corrected chi connectivity index (χ1v) is 7.73. The van der Waals surface area contributed by atoms with Gasteiger partial charge in [0.25, 0.3) is 0 Å². The molecule has 21 heavy (non-hydrogen) atoms. The van der Waals surface area contributed by atoms with E-state index in [-0.39, 0.29) is 0 Å². The maximum atomic E-state index is 4.15. The van der Waals surface area contributed by atoms with E-state index in [4.69, 9.17) is 0 Å². The van der Waals surface area contributed by atoms with Crippen molar-refractivity contribution >= 4 is 5.69 Å². The Morgan fingerprint density at radius 2 is 2.14 bits per heavy atom. The van der Waals surface area contributed by atoms with Crippen LogP contribution in [-0.2, 0) is 6.54 Å². The van der Waals surface area contributed by atoms with Gasteiger partial charge in [-0.2, -0.15) is 5.10 Å². The normalized spacial score (nSPS) is 17.0. The SMILES string of the molecule is CCN1CCC(Nc2cccc(Cn3cncn3)c2)CC1. The number of anilines is 1. The van der Waals surface area contributed by atoms with E-state index in [2.05, 4.69) is 51.5 Å². The van der Waals surface area contributed by atoms with E-state index in [9.17, 15) is 0 Å². The number of piperidine rings is 1. The van der Waals surface area contributed by atoms with E-state index in [0.29, 0.717) is 6.04 Å². The quantitative estimate of drug-likeness (QED) is 0.915. The summed E-state index contributed by atoms with van der Waals surface area (Å²) in [6.45, 7) is 6.57. The molecule has 0 unspecified atom stereocenters. The van der Waals surface area contributed by atoms with E-state index < -0.39 is 0 Å². The number of nitrogens with zero attached hydrogens (tertiary/aromatic N) is 4. The van der Waals surface area contributed by atoms with E-state index in [0.717, 1.165) is 6.54 Å². The number of benzene rings is 1. The summed E-state index contributed by atoms with van der Waals surface area (Å²) in [6.07, 6.45) is 5.77. The van der Waals surface area contributed by atoms with Gasteiger partial charge in [-0.15, -0.1) is 0 Å². The third-order valence-corrected chi connectivity index (χ3v) is 4.14. The van der Waals surface area contributed by atoms with Gasteiger partial charge in [0, 0.05) is 24.8 Å². The predicted octanol–water partition coefficient (Wildman–Crippen LogP) is 2.22. The number of aromatic nitrogens is 3. The molecule has 1 aliphatic rings. The van der Waals surface area contributed by atoms with E-state index in [1.54, 1.807) is 12.7 Å². The lowest BCUT2D eigenvalue weighted by atomic mass is 10.0. The fourth-order valence-corrected chi connectivity index (χ4v) is 2.89. The minimum atomic E-state index is 0.592. The monoisotopic (exact) mass is 285 g/mol. The van der Waals surface area contributed by atoms with Gasteiger partial charge in [0.2, 0.25) is 0 Å². The summed E-state index contributed by atoms with van der Waals surface area (Å²) in [7, 11) is 0. The van der Waals surface area contributed by atoms with Crippen molar-refractivity contribution in [1.82, 2.24) is 19.7 Å². The average Bonchev–Trinajstić information content (AvgIpc) is 3.01. The largest absolute Gasteiger partial charge is 0.382 e. The van der Waals surface area contributed by atoms with Gasteiger partial charge in [-0.05, 0) is 37.1 Å². The van der Waals surface area contributed by atoms with Gasteiger partial charge in [-0.25, -0.2) is 9.67 Å². The molecule has 0 radical (unpaired) electrons. The molecule has 3 rings (SSSR count). The van der Waals surface area contributed by atoms with Crippen molar-refractivity contribution < 1.29 is 0 Å². The van der Waals surface area contributed by atoms with Crippen LogP contribution in [-0.4, -0.2) is 45.3 Å². The van der Waals surface area contributed by atoms with Crippen LogP contribution in [0, 0.1) is 0 Å². The molecule has 5 nitrogen and oxygen atoms in total. The first-order chi connectivity index (χ1) is 10.3. The zero-order chi connectivity index (χ0) is 14.5. The van der Waals surface area contributed by atoms with Crippen molar-refractivity contribution in [3.8, 4) is 0 Å². The topological polar surface area (TPSA) is 46.0 Å². The van der Waals surface area contributed by atoms with Crippen LogP contribution in [0.1, 0.15) is 25.3 Å². The summed E-state index contributed by atoms with van der Waals surface area (Å²) in [5.41, 5.74) is 2.46. The summed E-state index contributed by atoms with van der Waals surface area (Å²) >= 11 is 0. The van der Waals surface area contributed by atoms with E-state index in [1.165, 1.54) is 43.7 Å². The summed E-state index contributed by atoms with van der Waals surface area (Å²) < 4.78 is 1.85. The molecule has 1 aromatic heterocycles. The van der Waals surface area contributed by atoms with Gasteiger partial charge in [0.15, 0.2) is 0 Å². The molecule has 0 bridgehead atoms. The molecule has 1 aliphatic heterocycles. The van der Waals surface area contributed by atoms with Crippen LogP contribution in [0.4, 0.5) is 5.69 Å². The second-order valence-electron chi connectivity index (χ2n) is 5.65. The molecule has 2 heterocycles. The highest BCUT2D eigenvalue weighted by molar-refractivity contribution is 5.46. The first-order valence-electron chi connectivity index (χ1n) is 7.73. The van der Waals surface area contributed by atoms with Crippen LogP contribution in [0.3, 0.4) is 0 Å². The molecule has 0 saturated carbocycles. The lowest BCUT2D eigenvalue weighted by Crippen LogP contribution is -2.38. The van der Waals surface area contributed by atoms with Crippen LogP contribution < -0.4 is 5.32 Å². The van der Waals surface area contributed by atoms with Gasteiger partial charge < -0.3 is 10.2 Å². The van der Waals surface area contributed by atoms with Gasteiger partial charge in [-0.1, -0.05) is 19.1 Å². The molecular weight excluding hydrogens is 262 g/mol. The second kappa shape index (κ2) is 6.72. The van der Waals surface area contributed by atoms with Crippen LogP contribution in [0.25, 0.3) is 0 Å². The summed E-state index contributed by atoms with van der Waals surface area (Å²) in [5, 5.41) is 7.83. The lowest BCUT2D eigenvalue weighted by molar-refractivity contribution is 0.229. The molecule has 0 spiro atoms. The summed E-state index contributed by atoms with van der Waals surface area (Å²) in [6, 6.07) is 9.20. The number of hydrogen-bond acceptors (Lipinski definition) is 4. The van der Waals surface area contributed by atoms with E-state index >= 15 is 0 Å². The second-order valence-corrected chi connectivity index (χ2v) is 5.65. The van der Waals surface area contributed by atoms with Crippen molar-refractivity contribution in [2.45, 2.75) is 32.4 Å². The van der Waals surface area contributed by atoms with Gasteiger partial charge >= 0.3 is 0 Å². The van der Waals surface area contributed by atoms with Crippen LogP contribution in [0.5, 0.6) is 0 Å². The molecule has 2 aromatic rings. The van der Waals surface area contributed by atoms with Crippen molar-refractivity contribution in [3.05, 3.63) is 42.5 Å². The molecule has 1 fully saturated rings. The highest BCUT2D eigenvalue weighted by atomic mass is 15.3. The number of rotatable bonds is 5. The number of hydrogen-bond donors (Lipinski definition) is 1. The summed E-state index contributed by atoms with van der Waals surface area (Å²) in [4.78, 5) is 6.49. The Balaban J connectivity index is 1.58. The highest BCUT2D eigenvalue weighted by Crippen LogP contribution is 2.18. The Kier molecular flexibility index (Phi) is 4.50. The molecule has 0 aliphatic carbocycles. The van der Waals surface area contributed by atoms with Gasteiger partial charge in [-0.3, -0.25) is 0 Å². The van der Waals surface area contributed by atoms with Crippen molar-refractivity contribution in [2.24, 2.45) is 0 Å². The van der Waals surface area contributed by atoms with E-state index in [1.807, 2.05) is 4.68 Å². The third-order valence-electron chi connectivity index (χ3n) is 4.14. The Hall–Kier alpha value is -1.88. The Bertz CT molecular complexity index is 544. The fourth-order valence-electron chi connectivity index (χ4n) is 2.89. The minimum absolute atomic E-state index is 0.592. The zero-order valence-electron chi connectivity index (χ0n) is 12.6. The maximum absolute atomic E-state index is 4.15. The minimum Gasteiger partial charge on any atom is -0.382 e. The Morgan fingerprint density at radius 1 is 1.29 bits per heavy atom. The fraction of sp³-hybridized carbons (Fsp3) is 0.500. The Morgan fingerprint density at radius 3 is 2.86 bits per heavy atom. The van der Waals surface area contributed by atoms with Crippen molar-refractivity contribution in [1.29, 1.82) is 0 Å². The predicted molar refractivity (Wildman–Crippen MR) is 84.3 cm³/mol. The number of nitrogens with one attached hydrogen (secondary N) is 1. The molecule has 0 atom stereocenters. The smallest absolute Gasteiger partial charge is 0.137 e.